The molecule has 0 aliphatic rings. The zero-order valence-corrected chi connectivity index (χ0v) is 18.9. The van der Waals surface area contributed by atoms with Gasteiger partial charge in [0.05, 0.1) is 23.7 Å². The molecule has 0 radical (unpaired) electrons. The predicted octanol–water partition coefficient (Wildman–Crippen LogP) is 4.49. The van der Waals surface area contributed by atoms with Crippen LogP contribution >= 0.6 is 0 Å². The molecule has 184 valence electrons. The largest absolute Gasteiger partial charge is 0.475 e. The van der Waals surface area contributed by atoms with E-state index in [-0.39, 0.29) is 36.4 Å². The highest BCUT2D eigenvalue weighted by atomic mass is 19.4. The van der Waals surface area contributed by atoms with Crippen LogP contribution in [0.3, 0.4) is 0 Å². The van der Waals surface area contributed by atoms with Gasteiger partial charge in [-0.3, -0.25) is 4.79 Å². The second kappa shape index (κ2) is 10.8. The molecule has 2 aromatic heterocycles. The van der Waals surface area contributed by atoms with Gasteiger partial charge < -0.3 is 25.8 Å². The number of aliphatic hydroxyl groups excluding tert-OH is 1. The van der Waals surface area contributed by atoms with E-state index in [1.165, 1.54) is 18.3 Å². The molecule has 0 fully saturated rings. The normalized spacial score (nSPS) is 11.0. The van der Waals surface area contributed by atoms with Gasteiger partial charge in [-0.2, -0.15) is 18.2 Å². The van der Waals surface area contributed by atoms with Crippen molar-refractivity contribution in [1.29, 1.82) is 0 Å². The summed E-state index contributed by atoms with van der Waals surface area (Å²) in [6, 6.07) is 6.32. The van der Waals surface area contributed by atoms with E-state index in [4.69, 9.17) is 9.84 Å². The average molecular weight is 488 g/mol. The smallest absolute Gasteiger partial charge is 0.421 e. The fourth-order valence-electron chi connectivity index (χ4n) is 2.92. The fraction of sp³-hybridized carbons (Fsp3) is 0.217. The molecule has 0 bridgehead atoms. The maximum atomic E-state index is 13.7. The number of alkyl halides is 3. The number of anilines is 5. The lowest BCUT2D eigenvalue weighted by Crippen LogP contribution is -2.14. The van der Waals surface area contributed by atoms with Gasteiger partial charge in [0.25, 0.3) is 0 Å². The van der Waals surface area contributed by atoms with Crippen LogP contribution in [0.2, 0.25) is 0 Å². The first-order valence-corrected chi connectivity index (χ1v) is 10.3. The van der Waals surface area contributed by atoms with E-state index in [9.17, 15) is 18.0 Å². The molecule has 0 spiro atoms. The second-order valence-corrected chi connectivity index (χ2v) is 7.36. The average Bonchev–Trinajstić information content (AvgIpc) is 2.80. The Hall–Kier alpha value is -4.19. The summed E-state index contributed by atoms with van der Waals surface area (Å²) in [7, 11) is 0. The fourth-order valence-corrected chi connectivity index (χ4v) is 2.92. The van der Waals surface area contributed by atoms with E-state index in [1.807, 2.05) is 0 Å². The van der Waals surface area contributed by atoms with Gasteiger partial charge in [0.2, 0.25) is 17.7 Å². The van der Waals surface area contributed by atoms with Crippen LogP contribution in [0.25, 0.3) is 0 Å². The van der Waals surface area contributed by atoms with Crippen molar-refractivity contribution in [3.05, 3.63) is 66.0 Å². The van der Waals surface area contributed by atoms with Crippen LogP contribution in [-0.4, -0.2) is 39.2 Å². The lowest BCUT2D eigenvalue weighted by atomic mass is 10.1. The topological polar surface area (TPSA) is 121 Å². The number of nitrogens with zero attached hydrogens (tertiary/aromatic N) is 3. The number of halogens is 3. The second-order valence-electron chi connectivity index (χ2n) is 7.36. The van der Waals surface area contributed by atoms with Crippen LogP contribution in [0.5, 0.6) is 5.88 Å². The molecule has 1 aromatic carbocycles. The summed E-state index contributed by atoms with van der Waals surface area (Å²) >= 11 is 0. The molecule has 35 heavy (non-hydrogen) atoms. The number of ether oxygens (including phenoxy) is 1. The predicted molar refractivity (Wildman–Crippen MR) is 125 cm³/mol. The number of pyridine rings is 1. The Morgan fingerprint density at radius 1 is 1.11 bits per heavy atom. The summed E-state index contributed by atoms with van der Waals surface area (Å²) in [5.41, 5.74) is 1.25. The zero-order valence-electron chi connectivity index (χ0n) is 18.9. The Balaban J connectivity index is 1.99. The van der Waals surface area contributed by atoms with Gasteiger partial charge >= 0.3 is 6.18 Å². The van der Waals surface area contributed by atoms with Gasteiger partial charge in [0, 0.05) is 18.5 Å². The first kappa shape index (κ1) is 25.4. The Morgan fingerprint density at radius 3 is 2.57 bits per heavy atom. The summed E-state index contributed by atoms with van der Waals surface area (Å²) in [6.07, 6.45) is -1.53. The third-order valence-electron chi connectivity index (χ3n) is 4.63. The number of aromatic nitrogens is 3. The maximum absolute atomic E-state index is 13.7. The highest BCUT2D eigenvalue weighted by Crippen LogP contribution is 2.37. The highest BCUT2D eigenvalue weighted by molar-refractivity contribution is 6.01. The summed E-state index contributed by atoms with van der Waals surface area (Å²) in [4.78, 5) is 23.7. The number of aryl methyl sites for hydroxylation is 2. The van der Waals surface area contributed by atoms with E-state index in [0.717, 1.165) is 11.6 Å². The van der Waals surface area contributed by atoms with Crippen molar-refractivity contribution >= 4 is 34.7 Å². The van der Waals surface area contributed by atoms with Crippen LogP contribution in [0.4, 0.5) is 42.0 Å². The van der Waals surface area contributed by atoms with Crippen molar-refractivity contribution in [2.24, 2.45) is 0 Å². The van der Waals surface area contributed by atoms with Crippen LogP contribution in [0, 0.1) is 13.8 Å². The standard InChI is InChI=1S/C23H23F3N6O3/c1-4-19(34)29-18-9-13(2)5-6-16(18)30-21-15(23(24,25)26)12-28-22(32-21)31-17-10-20(35-8-7-33)27-11-14(17)3/h4-6,9-12,33H,1,7-8H2,2-3H3,(H,29,34)(H2,27,28,30,31,32). The number of rotatable bonds is 9. The molecule has 2 heterocycles. The first-order valence-electron chi connectivity index (χ1n) is 10.3. The number of hydrogen-bond acceptors (Lipinski definition) is 8. The quantitative estimate of drug-likeness (QED) is 0.325. The highest BCUT2D eigenvalue weighted by Gasteiger charge is 2.35. The lowest BCUT2D eigenvalue weighted by Gasteiger charge is -2.18. The Kier molecular flexibility index (Phi) is 7.87. The van der Waals surface area contributed by atoms with Crippen LogP contribution in [0.1, 0.15) is 16.7 Å². The molecule has 0 saturated heterocycles. The molecule has 0 aliphatic heterocycles. The molecule has 0 saturated carbocycles. The van der Waals surface area contributed by atoms with E-state index in [2.05, 4.69) is 37.5 Å². The zero-order chi connectivity index (χ0) is 25.6. The summed E-state index contributed by atoms with van der Waals surface area (Å²) in [5.74, 6) is -0.949. The SMILES string of the molecule is C=CC(=O)Nc1cc(C)ccc1Nc1nc(Nc2cc(OCCO)ncc2C)ncc1C(F)(F)F. The maximum Gasteiger partial charge on any atom is 0.421 e. The lowest BCUT2D eigenvalue weighted by molar-refractivity contribution is -0.137. The van der Waals surface area contributed by atoms with Gasteiger partial charge in [0.1, 0.15) is 18.0 Å². The number of carbonyl (C=O) groups is 1. The van der Waals surface area contributed by atoms with Gasteiger partial charge in [-0.1, -0.05) is 12.6 Å². The Morgan fingerprint density at radius 2 is 1.89 bits per heavy atom. The number of carbonyl (C=O) groups excluding carboxylic acids is 1. The number of hydrogen-bond donors (Lipinski definition) is 4. The monoisotopic (exact) mass is 488 g/mol. The van der Waals surface area contributed by atoms with Gasteiger partial charge in [-0.25, -0.2) is 9.97 Å². The van der Waals surface area contributed by atoms with Gasteiger partial charge in [0.15, 0.2) is 0 Å². The number of amides is 1. The van der Waals surface area contributed by atoms with Gasteiger partial charge in [-0.15, -0.1) is 0 Å². The van der Waals surface area contributed by atoms with E-state index >= 15 is 0 Å². The molecule has 9 nitrogen and oxygen atoms in total. The minimum absolute atomic E-state index is 0.0294. The third kappa shape index (κ3) is 6.67. The third-order valence-corrected chi connectivity index (χ3v) is 4.63. The van der Waals surface area contributed by atoms with Crippen LogP contribution in [-0.2, 0) is 11.0 Å². The molecule has 0 aliphatic carbocycles. The summed E-state index contributed by atoms with van der Waals surface area (Å²) in [5, 5.41) is 17.0. The van der Waals surface area contributed by atoms with Crippen LogP contribution in [0.15, 0.2) is 49.3 Å². The molecule has 4 N–H and O–H groups in total. The summed E-state index contributed by atoms with van der Waals surface area (Å²) < 4.78 is 46.4. The number of nitrogens with one attached hydrogen (secondary N) is 3. The minimum Gasteiger partial charge on any atom is -0.475 e. The van der Waals surface area contributed by atoms with Crippen molar-refractivity contribution in [3.63, 3.8) is 0 Å². The molecule has 1 amide bonds. The van der Waals surface area contributed by atoms with Crippen molar-refractivity contribution in [3.8, 4) is 5.88 Å². The van der Waals surface area contributed by atoms with Crippen LogP contribution < -0.4 is 20.7 Å². The van der Waals surface area contributed by atoms with Crippen molar-refractivity contribution < 1.29 is 27.8 Å². The molecule has 3 aromatic rings. The number of benzene rings is 1. The molecule has 0 atom stereocenters. The minimum atomic E-state index is -4.74. The van der Waals surface area contributed by atoms with E-state index < -0.39 is 23.5 Å². The van der Waals surface area contributed by atoms with Crippen molar-refractivity contribution in [2.45, 2.75) is 20.0 Å². The van der Waals surface area contributed by atoms with Crippen molar-refractivity contribution in [1.82, 2.24) is 15.0 Å². The molecule has 3 rings (SSSR count). The number of aliphatic hydroxyl groups is 1. The van der Waals surface area contributed by atoms with E-state index in [1.54, 1.807) is 26.0 Å². The Bertz CT molecular complexity index is 1230. The summed E-state index contributed by atoms with van der Waals surface area (Å²) in [6.45, 7) is 6.72. The van der Waals surface area contributed by atoms with Crippen molar-refractivity contribution in [2.75, 3.05) is 29.2 Å². The van der Waals surface area contributed by atoms with E-state index in [0.29, 0.717) is 17.4 Å². The molecular weight excluding hydrogens is 465 g/mol. The molecular formula is C23H23F3N6O3. The van der Waals surface area contributed by atoms with Gasteiger partial charge in [-0.05, 0) is 43.2 Å². The molecule has 0 unspecified atom stereocenters. The first-order chi connectivity index (χ1) is 16.6. The Labute approximate surface area is 199 Å². The molecule has 12 heteroatoms.